The molecule has 0 amide bonds. The Hall–Kier alpha value is 0.177. The van der Waals surface area contributed by atoms with E-state index in [2.05, 4.69) is 62.6 Å². The van der Waals surface area contributed by atoms with E-state index in [1.54, 1.807) is 0 Å². The van der Waals surface area contributed by atoms with E-state index in [-0.39, 0.29) is 0 Å². The fourth-order valence-electron chi connectivity index (χ4n) is 6.88. The van der Waals surface area contributed by atoms with Crippen molar-refractivity contribution in [3.63, 3.8) is 0 Å². The number of rotatable bonds is 24. The highest BCUT2D eigenvalue weighted by molar-refractivity contribution is 6.83. The van der Waals surface area contributed by atoms with Gasteiger partial charge < -0.3 is 4.48 Å². The van der Waals surface area contributed by atoms with Gasteiger partial charge in [-0.1, -0.05) is 161 Å². The van der Waals surface area contributed by atoms with Gasteiger partial charge in [-0.25, -0.2) is 0 Å². The molecule has 0 fully saturated rings. The monoisotopic (exact) mass is 497 g/mol. The zero-order valence-electron chi connectivity index (χ0n) is 25.8. The lowest BCUT2D eigenvalue weighted by Gasteiger charge is -2.44. The van der Waals surface area contributed by atoms with Gasteiger partial charge in [0.05, 0.1) is 35.3 Å². The van der Waals surface area contributed by atoms with Crippen molar-refractivity contribution in [3.05, 3.63) is 0 Å². The van der Waals surface area contributed by atoms with E-state index in [0.29, 0.717) is 0 Å². The van der Waals surface area contributed by atoms with Gasteiger partial charge in [0.2, 0.25) is 0 Å². The first-order valence-electron chi connectivity index (χ1n) is 15.9. The lowest BCUT2D eigenvalue weighted by molar-refractivity contribution is -0.890. The van der Waals surface area contributed by atoms with Gasteiger partial charge in [0, 0.05) is 0 Å². The molecule has 0 saturated heterocycles. The lowest BCUT2D eigenvalue weighted by atomic mass is 10.0. The molecule has 0 aliphatic rings. The molecule has 0 atom stereocenters. The van der Waals surface area contributed by atoms with Crippen molar-refractivity contribution in [1.82, 2.24) is 0 Å². The molecular weight excluding hydrogens is 426 g/mol. The van der Waals surface area contributed by atoms with Gasteiger partial charge in [-0.15, -0.1) is 0 Å². The molecule has 206 valence electrons. The molecule has 0 aromatic heterocycles. The summed E-state index contributed by atoms with van der Waals surface area (Å²) in [6, 6.07) is 1.53. The first kappa shape index (κ1) is 34.2. The second-order valence-electron chi connectivity index (χ2n) is 13.4. The Kier molecular flexibility index (Phi) is 20.4. The summed E-state index contributed by atoms with van der Waals surface area (Å²) in [5.41, 5.74) is 2.72. The van der Waals surface area contributed by atoms with E-state index in [1.807, 2.05) is 0 Å². The SMILES string of the molecule is CCCCCCCCCCCCCCCCCC[N+](C)(C)CCC[Si](C(C)C)(C(C)C)C(C)C. The van der Waals surface area contributed by atoms with Crippen LogP contribution in [0.3, 0.4) is 0 Å². The van der Waals surface area contributed by atoms with Crippen LogP contribution in [0.15, 0.2) is 0 Å². The van der Waals surface area contributed by atoms with Crippen LogP contribution in [0.2, 0.25) is 22.7 Å². The van der Waals surface area contributed by atoms with Crippen molar-refractivity contribution >= 4 is 8.07 Å². The third-order valence-electron chi connectivity index (χ3n) is 9.21. The molecule has 0 bridgehead atoms. The molecule has 0 aromatic rings. The summed E-state index contributed by atoms with van der Waals surface area (Å²) in [6.07, 6.45) is 24.8. The van der Waals surface area contributed by atoms with E-state index in [0.717, 1.165) is 16.6 Å². The summed E-state index contributed by atoms with van der Waals surface area (Å²) in [5, 5.41) is 0. The molecule has 0 radical (unpaired) electrons. The maximum atomic E-state index is 2.52. The van der Waals surface area contributed by atoms with Crippen LogP contribution in [-0.2, 0) is 0 Å². The third kappa shape index (κ3) is 15.3. The van der Waals surface area contributed by atoms with E-state index in [1.165, 1.54) is 133 Å². The standard InChI is InChI=1S/C32H70NSi/c1-10-11-12-13-14-15-16-17-18-19-20-21-22-23-24-25-27-33(8,9)28-26-29-34(30(2)3,31(4)5)32(6)7/h30-32H,10-29H2,1-9H3/q+1. The maximum Gasteiger partial charge on any atom is 0.0782 e. The molecular formula is C32H70NSi+. The fourth-order valence-corrected chi connectivity index (χ4v) is 13.4. The average molecular weight is 497 g/mol. The predicted octanol–water partition coefficient (Wildman–Crippen LogP) is 11.4. The average Bonchev–Trinajstić information content (AvgIpc) is 2.75. The molecule has 0 saturated carbocycles. The summed E-state index contributed by atoms with van der Waals surface area (Å²) >= 11 is 0. The highest BCUT2D eigenvalue weighted by Gasteiger charge is 2.42. The molecule has 0 aliphatic heterocycles. The number of hydrogen-bond donors (Lipinski definition) is 0. The Balaban J connectivity index is 3.74. The van der Waals surface area contributed by atoms with Crippen molar-refractivity contribution in [2.45, 2.75) is 180 Å². The van der Waals surface area contributed by atoms with Gasteiger partial charge >= 0.3 is 0 Å². The van der Waals surface area contributed by atoms with Crippen LogP contribution >= 0.6 is 0 Å². The minimum atomic E-state index is -1.21. The summed E-state index contributed by atoms with van der Waals surface area (Å²) < 4.78 is 1.23. The largest absolute Gasteiger partial charge is 0.328 e. The number of nitrogens with zero attached hydrogens (tertiary/aromatic N) is 1. The van der Waals surface area contributed by atoms with Crippen LogP contribution in [0.5, 0.6) is 0 Å². The molecule has 0 rings (SSSR count). The zero-order valence-corrected chi connectivity index (χ0v) is 26.8. The van der Waals surface area contributed by atoms with Gasteiger partial charge in [-0.2, -0.15) is 0 Å². The lowest BCUT2D eigenvalue weighted by Crippen LogP contribution is -2.46. The van der Waals surface area contributed by atoms with Crippen molar-refractivity contribution in [2.24, 2.45) is 0 Å². The van der Waals surface area contributed by atoms with E-state index >= 15 is 0 Å². The highest BCUT2D eigenvalue weighted by atomic mass is 28.3. The smallest absolute Gasteiger partial charge is 0.0782 e. The molecule has 0 aliphatic carbocycles. The van der Waals surface area contributed by atoms with Crippen molar-refractivity contribution in [1.29, 1.82) is 0 Å². The zero-order chi connectivity index (χ0) is 25.9. The number of hydrogen-bond acceptors (Lipinski definition) is 0. The van der Waals surface area contributed by atoms with Crippen molar-refractivity contribution < 1.29 is 4.48 Å². The first-order valence-corrected chi connectivity index (χ1v) is 18.4. The molecule has 0 N–H and O–H groups in total. The van der Waals surface area contributed by atoms with Crippen molar-refractivity contribution in [3.8, 4) is 0 Å². The van der Waals surface area contributed by atoms with E-state index in [9.17, 15) is 0 Å². The van der Waals surface area contributed by atoms with Gasteiger partial charge in [-0.05, 0) is 19.3 Å². The Morgan fingerprint density at radius 1 is 0.441 bits per heavy atom. The molecule has 1 nitrogen and oxygen atoms in total. The number of quaternary nitrogens is 1. The second-order valence-corrected chi connectivity index (χ2v) is 19.6. The van der Waals surface area contributed by atoms with Crippen LogP contribution in [0.1, 0.15) is 158 Å². The summed E-state index contributed by atoms with van der Waals surface area (Å²) in [5.74, 6) is 0. The molecule has 2 heteroatoms. The Morgan fingerprint density at radius 2 is 0.735 bits per heavy atom. The molecule has 0 heterocycles. The normalized spacial score (nSPS) is 13.1. The third-order valence-corrected chi connectivity index (χ3v) is 16.9. The Labute approximate surface area is 219 Å². The quantitative estimate of drug-likeness (QED) is 0.0707. The van der Waals surface area contributed by atoms with Crippen LogP contribution in [-0.4, -0.2) is 39.7 Å². The minimum absolute atomic E-state index is 0.906. The van der Waals surface area contributed by atoms with Gasteiger partial charge in [0.1, 0.15) is 0 Å². The Morgan fingerprint density at radius 3 is 1.06 bits per heavy atom. The van der Waals surface area contributed by atoms with Gasteiger partial charge in [0.25, 0.3) is 0 Å². The summed E-state index contributed by atoms with van der Waals surface area (Å²) in [4.78, 5) is 0. The van der Waals surface area contributed by atoms with Crippen LogP contribution in [0, 0.1) is 0 Å². The van der Waals surface area contributed by atoms with Gasteiger partial charge in [0.15, 0.2) is 0 Å². The topological polar surface area (TPSA) is 0 Å². The Bertz CT molecular complexity index is 419. The van der Waals surface area contributed by atoms with E-state index in [4.69, 9.17) is 0 Å². The van der Waals surface area contributed by atoms with Crippen LogP contribution < -0.4 is 0 Å². The fraction of sp³-hybridized carbons (Fsp3) is 1.00. The molecule has 0 spiro atoms. The van der Waals surface area contributed by atoms with Gasteiger partial charge in [-0.3, -0.25) is 0 Å². The van der Waals surface area contributed by atoms with Crippen molar-refractivity contribution in [2.75, 3.05) is 27.2 Å². The van der Waals surface area contributed by atoms with Crippen LogP contribution in [0.25, 0.3) is 0 Å². The van der Waals surface area contributed by atoms with Crippen LogP contribution in [0.4, 0.5) is 0 Å². The summed E-state index contributed by atoms with van der Waals surface area (Å²) in [7, 11) is 3.75. The molecule has 0 aromatic carbocycles. The minimum Gasteiger partial charge on any atom is -0.328 e. The maximum absolute atomic E-state index is 2.52. The number of unbranched alkanes of at least 4 members (excludes halogenated alkanes) is 15. The predicted molar refractivity (Wildman–Crippen MR) is 162 cm³/mol. The molecule has 34 heavy (non-hydrogen) atoms. The highest BCUT2D eigenvalue weighted by Crippen LogP contribution is 2.45. The first-order chi connectivity index (χ1) is 16.1. The van der Waals surface area contributed by atoms with E-state index < -0.39 is 8.07 Å². The second kappa shape index (κ2) is 20.3. The molecule has 0 unspecified atom stereocenters. The summed E-state index contributed by atoms with van der Waals surface area (Å²) in [6.45, 7) is 20.2.